The van der Waals surface area contributed by atoms with Gasteiger partial charge in [0, 0.05) is 56.7 Å². The zero-order chi connectivity index (χ0) is 31.0. The third-order valence-corrected chi connectivity index (χ3v) is 11.0. The smallest absolute Gasteiger partial charge is 0.332 e. The van der Waals surface area contributed by atoms with Crippen LogP contribution in [-0.4, -0.2) is 43.1 Å². The number of ketones is 1. The number of hydrogen-bond acceptors (Lipinski definition) is 7. The number of ether oxygens (including phenoxy) is 1. The van der Waals surface area contributed by atoms with Gasteiger partial charge in [-0.1, -0.05) is 60.1 Å². The summed E-state index contributed by atoms with van der Waals surface area (Å²) in [6.45, 7) is 5.76. The van der Waals surface area contributed by atoms with Crippen molar-refractivity contribution in [2.45, 2.75) is 34.8 Å². The molecule has 1 N–H and O–H groups in total. The molecule has 6 rings (SSSR count). The molecule has 4 aromatic carbocycles. The van der Waals surface area contributed by atoms with Crippen LogP contribution in [0.15, 0.2) is 90.1 Å². The molecule has 1 aromatic heterocycles. The van der Waals surface area contributed by atoms with Gasteiger partial charge in [0.2, 0.25) is 0 Å². The number of aromatic nitrogens is 1. The number of nitrogens with zero attached hydrogens (tertiary/aromatic N) is 1. The number of oxime groups is 1. The molecule has 0 aliphatic carbocycles. The van der Waals surface area contributed by atoms with E-state index < -0.39 is 21.1 Å². The van der Waals surface area contributed by atoms with Gasteiger partial charge in [-0.25, -0.2) is 9.18 Å². The van der Waals surface area contributed by atoms with E-state index in [0.717, 1.165) is 32.9 Å². The molecular weight excluding hydrogens is 619 g/mol. The number of halogens is 2. The van der Waals surface area contributed by atoms with Crippen molar-refractivity contribution in [2.24, 2.45) is 5.16 Å². The van der Waals surface area contributed by atoms with Crippen molar-refractivity contribution >= 4 is 74.4 Å². The van der Waals surface area contributed by atoms with Crippen molar-refractivity contribution in [3.8, 4) is 5.75 Å². The average Bonchev–Trinajstić information content (AvgIpc) is 3.50. The molecule has 0 saturated carbocycles. The van der Waals surface area contributed by atoms with Crippen LogP contribution in [0.3, 0.4) is 0 Å². The van der Waals surface area contributed by atoms with E-state index in [1.165, 1.54) is 19.1 Å². The van der Waals surface area contributed by atoms with Gasteiger partial charge in [0.1, 0.15) is 27.4 Å². The van der Waals surface area contributed by atoms with Gasteiger partial charge in [-0.2, -0.15) is 0 Å². The lowest BCUT2D eigenvalue weighted by Gasteiger charge is -2.15. The lowest BCUT2D eigenvalue weighted by molar-refractivity contribution is -0.140. The molecule has 1 fully saturated rings. The first-order chi connectivity index (χ1) is 21.1. The van der Waals surface area contributed by atoms with Crippen molar-refractivity contribution in [1.82, 2.24) is 4.98 Å². The van der Waals surface area contributed by atoms with Gasteiger partial charge in [-0.3, -0.25) is 4.79 Å². The van der Waals surface area contributed by atoms with E-state index in [2.05, 4.69) is 17.1 Å². The summed E-state index contributed by atoms with van der Waals surface area (Å²) < 4.78 is 20.7. The topological polar surface area (TPSA) is 80.8 Å². The molecule has 10 heteroatoms. The Labute approximate surface area is 267 Å². The number of alkyl halides is 1. The van der Waals surface area contributed by atoms with Crippen LogP contribution in [0.1, 0.15) is 47.8 Å². The number of benzene rings is 4. The van der Waals surface area contributed by atoms with Gasteiger partial charge in [0.15, 0.2) is 5.78 Å². The largest absolute Gasteiger partial charge is 0.492 e. The molecule has 2 heterocycles. The van der Waals surface area contributed by atoms with Crippen molar-refractivity contribution in [2.75, 3.05) is 6.61 Å². The Kier molecular flexibility index (Phi) is 8.46. The summed E-state index contributed by atoms with van der Waals surface area (Å²) in [5, 5.41) is 6.23. The first-order valence-corrected chi connectivity index (χ1v) is 16.1. The second kappa shape index (κ2) is 12.3. The third kappa shape index (κ3) is 6.36. The summed E-state index contributed by atoms with van der Waals surface area (Å²) in [6.07, 6.45) is 0. The molecular formula is C34H28ClFN2O4S2. The Hall–Kier alpha value is -3.79. The zero-order valence-electron chi connectivity index (χ0n) is 24.1. The van der Waals surface area contributed by atoms with Crippen LogP contribution in [0, 0.1) is 5.82 Å². The molecule has 1 saturated heterocycles. The van der Waals surface area contributed by atoms with Gasteiger partial charge < -0.3 is 14.6 Å². The van der Waals surface area contributed by atoms with Gasteiger partial charge in [0.05, 0.1) is 10.8 Å². The number of aromatic amines is 1. The third-order valence-electron chi connectivity index (χ3n) is 7.33. The zero-order valence-corrected chi connectivity index (χ0v) is 26.5. The van der Waals surface area contributed by atoms with E-state index in [1.54, 1.807) is 41.7 Å². The molecule has 0 amide bonds. The molecule has 224 valence electrons. The minimum Gasteiger partial charge on any atom is -0.492 e. The maximum Gasteiger partial charge on any atom is 0.332 e. The first kappa shape index (κ1) is 30.2. The van der Waals surface area contributed by atoms with Crippen molar-refractivity contribution in [3.63, 3.8) is 0 Å². The summed E-state index contributed by atoms with van der Waals surface area (Å²) in [4.78, 5) is 33.4. The molecule has 3 unspecified atom stereocenters. The molecule has 1 aliphatic heterocycles. The van der Waals surface area contributed by atoms with E-state index in [1.807, 2.05) is 61.5 Å². The van der Waals surface area contributed by atoms with E-state index in [9.17, 15) is 9.59 Å². The normalized spacial score (nSPS) is 20.2. The summed E-state index contributed by atoms with van der Waals surface area (Å²) >= 11 is 9.78. The van der Waals surface area contributed by atoms with E-state index >= 15 is 4.39 Å². The fraction of sp³-hybridized carbons (Fsp3) is 0.206. The summed E-state index contributed by atoms with van der Waals surface area (Å²) in [5.74, 6) is -1.24. The quantitative estimate of drug-likeness (QED) is 0.0598. The molecule has 1 aliphatic rings. The molecule has 0 radical (unpaired) electrons. The van der Waals surface area contributed by atoms with Gasteiger partial charge in [-0.05, 0) is 49.4 Å². The Morgan fingerprint density at radius 3 is 2.25 bits per heavy atom. The highest BCUT2D eigenvalue weighted by Gasteiger charge is 2.40. The highest BCUT2D eigenvalue weighted by Crippen LogP contribution is 2.54. The lowest BCUT2D eigenvalue weighted by atomic mass is 9.98. The van der Waals surface area contributed by atoms with Gasteiger partial charge in [0.25, 0.3) is 0 Å². The molecule has 0 bridgehead atoms. The number of thioether (sulfide) groups is 2. The van der Waals surface area contributed by atoms with Crippen LogP contribution in [0.4, 0.5) is 4.39 Å². The second-order valence-electron chi connectivity index (χ2n) is 10.6. The number of nitrogens with one attached hydrogen (secondary N) is 1. The van der Waals surface area contributed by atoms with Crippen LogP contribution < -0.4 is 4.74 Å². The van der Waals surface area contributed by atoms with Crippen LogP contribution in [0.25, 0.3) is 21.8 Å². The van der Waals surface area contributed by atoms with Crippen LogP contribution in [0.5, 0.6) is 5.75 Å². The molecule has 3 atom stereocenters. The van der Waals surface area contributed by atoms with Gasteiger partial charge >= 0.3 is 5.97 Å². The maximum atomic E-state index is 15.2. The second-order valence-corrected chi connectivity index (χ2v) is 15.5. The lowest BCUT2D eigenvalue weighted by Crippen LogP contribution is -2.20. The Morgan fingerprint density at radius 2 is 1.61 bits per heavy atom. The monoisotopic (exact) mass is 646 g/mol. The number of carbonyl (C=O) groups excluding carboxylic acids is 2. The first-order valence-electron chi connectivity index (χ1n) is 14.0. The highest BCUT2D eigenvalue weighted by atomic mass is 35.5. The maximum absolute atomic E-state index is 15.2. The van der Waals surface area contributed by atoms with E-state index in [-0.39, 0.29) is 10.8 Å². The van der Waals surface area contributed by atoms with Crippen LogP contribution in [0.2, 0.25) is 0 Å². The van der Waals surface area contributed by atoms with Gasteiger partial charge in [-0.15, -0.1) is 23.5 Å². The molecule has 0 spiro atoms. The number of fused-ring (bicyclic) bond motifs is 3. The molecule has 44 heavy (non-hydrogen) atoms. The standard InChI is InChI=1S/C34H28ClFN2O4S2/c1-19-31(44-34(3,35)43-19)18-41-24-11-12-25(28(36)17-24)33(40)23-10-14-30-27(16-23)26-15-22(9-13-29(26)37-30)32(38-42-20(2)39)21-7-5-4-6-8-21/h4-17,19,31,37H,18H2,1-3H3/b38-32+. The van der Waals surface area contributed by atoms with E-state index in [4.69, 9.17) is 21.2 Å². The van der Waals surface area contributed by atoms with E-state index in [0.29, 0.717) is 28.9 Å². The average molecular weight is 647 g/mol. The minimum atomic E-state index is -0.647. The predicted molar refractivity (Wildman–Crippen MR) is 178 cm³/mol. The SMILES string of the molecule is CC(=O)O/N=C(\c1ccccc1)c1ccc2[nH]c3ccc(C(=O)c4ccc(OCC5SC(C)(Cl)SC5C)cc4F)cc3c2c1. The summed E-state index contributed by atoms with van der Waals surface area (Å²) in [7, 11) is 0. The Balaban J connectivity index is 1.28. The van der Waals surface area contributed by atoms with Crippen LogP contribution >= 0.6 is 35.1 Å². The summed E-state index contributed by atoms with van der Waals surface area (Å²) in [6, 6.07) is 24.7. The Morgan fingerprint density at radius 1 is 0.932 bits per heavy atom. The van der Waals surface area contributed by atoms with Crippen molar-refractivity contribution < 1.29 is 23.6 Å². The number of hydrogen-bond donors (Lipinski definition) is 1. The minimum absolute atomic E-state index is 0.0374. The predicted octanol–water partition coefficient (Wildman–Crippen LogP) is 8.54. The fourth-order valence-electron chi connectivity index (χ4n) is 5.24. The number of carbonyl (C=O) groups is 2. The van der Waals surface area contributed by atoms with Crippen molar-refractivity contribution in [1.29, 1.82) is 0 Å². The van der Waals surface area contributed by atoms with Crippen LogP contribution in [-0.2, 0) is 9.63 Å². The molecule has 5 aromatic rings. The Bertz CT molecular complexity index is 1930. The fourth-order valence-corrected chi connectivity index (χ4v) is 9.15. The van der Waals surface area contributed by atoms with Crippen molar-refractivity contribution in [3.05, 3.63) is 113 Å². The highest BCUT2D eigenvalue weighted by molar-refractivity contribution is 8.23. The number of H-pyrrole nitrogens is 1. The summed E-state index contributed by atoms with van der Waals surface area (Å²) in [5.41, 5.74) is 3.98. The number of rotatable bonds is 8. The molecule has 6 nitrogen and oxygen atoms in total.